The van der Waals surface area contributed by atoms with Crippen molar-refractivity contribution in [3.05, 3.63) is 40.0 Å². The Morgan fingerprint density at radius 2 is 2.05 bits per heavy atom. The fourth-order valence-corrected chi connectivity index (χ4v) is 2.29. The highest BCUT2D eigenvalue weighted by Crippen LogP contribution is 2.35. The van der Waals surface area contributed by atoms with E-state index >= 15 is 0 Å². The van der Waals surface area contributed by atoms with Gasteiger partial charge in [0.25, 0.3) is 5.88 Å². The van der Waals surface area contributed by atoms with Gasteiger partial charge < -0.3 is 10.5 Å². The van der Waals surface area contributed by atoms with Crippen molar-refractivity contribution < 1.29 is 4.74 Å². The van der Waals surface area contributed by atoms with Crippen LogP contribution in [-0.4, -0.2) is 10.2 Å². The molecule has 2 rings (SSSR count). The molecule has 0 saturated heterocycles. The van der Waals surface area contributed by atoms with Gasteiger partial charge in [0.05, 0.1) is 16.4 Å². The SMILES string of the molecule is CCc1nnc(Oc2c(N)cccc2Cl)c(C#N)c1CC. The molecule has 0 fully saturated rings. The molecular formula is C15H15ClN4O. The van der Waals surface area contributed by atoms with Crippen LogP contribution in [0.15, 0.2) is 18.2 Å². The third kappa shape index (κ3) is 2.91. The van der Waals surface area contributed by atoms with Gasteiger partial charge in [0.2, 0.25) is 0 Å². The van der Waals surface area contributed by atoms with E-state index in [0.717, 1.165) is 11.3 Å². The molecule has 0 aliphatic rings. The fraction of sp³-hybridized carbons (Fsp3) is 0.267. The molecule has 0 atom stereocenters. The number of para-hydroxylation sites is 1. The molecule has 0 saturated carbocycles. The number of aromatic nitrogens is 2. The monoisotopic (exact) mass is 302 g/mol. The van der Waals surface area contributed by atoms with Gasteiger partial charge >= 0.3 is 0 Å². The number of nitrogens with zero attached hydrogens (tertiary/aromatic N) is 3. The smallest absolute Gasteiger partial charge is 0.257 e. The average molecular weight is 303 g/mol. The number of halogens is 1. The quantitative estimate of drug-likeness (QED) is 0.874. The standard InChI is InChI=1S/C15H15ClN4O/c1-3-9-10(8-17)15(20-19-13(9)4-2)21-14-11(16)6-5-7-12(14)18/h5-7H,3-4,18H2,1-2H3. The lowest BCUT2D eigenvalue weighted by Crippen LogP contribution is -2.06. The molecule has 1 heterocycles. The second-order valence-electron chi connectivity index (χ2n) is 4.38. The summed E-state index contributed by atoms with van der Waals surface area (Å²) >= 11 is 6.07. The number of anilines is 1. The molecule has 0 radical (unpaired) electrons. The number of hydrogen-bond acceptors (Lipinski definition) is 5. The van der Waals surface area contributed by atoms with E-state index in [4.69, 9.17) is 22.1 Å². The molecule has 0 aliphatic carbocycles. The van der Waals surface area contributed by atoms with Crippen molar-refractivity contribution in [1.29, 1.82) is 5.26 Å². The minimum atomic E-state index is 0.131. The van der Waals surface area contributed by atoms with Crippen LogP contribution < -0.4 is 10.5 Å². The summed E-state index contributed by atoms with van der Waals surface area (Å²) in [5, 5.41) is 17.9. The first-order valence-electron chi connectivity index (χ1n) is 6.62. The van der Waals surface area contributed by atoms with Crippen LogP contribution in [0.4, 0.5) is 5.69 Å². The van der Waals surface area contributed by atoms with Crippen LogP contribution in [0.3, 0.4) is 0 Å². The van der Waals surface area contributed by atoms with Crippen LogP contribution in [0, 0.1) is 11.3 Å². The van der Waals surface area contributed by atoms with E-state index in [9.17, 15) is 5.26 Å². The number of aryl methyl sites for hydroxylation is 1. The van der Waals surface area contributed by atoms with Crippen LogP contribution in [-0.2, 0) is 12.8 Å². The van der Waals surface area contributed by atoms with Crippen molar-refractivity contribution in [3.63, 3.8) is 0 Å². The van der Waals surface area contributed by atoms with E-state index in [-0.39, 0.29) is 11.6 Å². The number of benzene rings is 1. The summed E-state index contributed by atoms with van der Waals surface area (Å²) in [5.74, 6) is 0.419. The van der Waals surface area contributed by atoms with Crippen LogP contribution >= 0.6 is 11.6 Å². The number of nitrogens with two attached hydrogens (primary N) is 1. The van der Waals surface area contributed by atoms with Crippen LogP contribution in [0.5, 0.6) is 11.6 Å². The molecule has 2 N–H and O–H groups in total. The van der Waals surface area contributed by atoms with E-state index in [0.29, 0.717) is 29.1 Å². The predicted octanol–water partition coefficient (Wildman–Crippen LogP) is 3.50. The summed E-state index contributed by atoms with van der Waals surface area (Å²) in [4.78, 5) is 0. The first kappa shape index (κ1) is 15.1. The molecule has 5 nitrogen and oxygen atoms in total. The average Bonchev–Trinajstić information content (AvgIpc) is 2.50. The second kappa shape index (κ2) is 6.42. The zero-order valence-corrected chi connectivity index (χ0v) is 12.6. The molecule has 2 aromatic rings. The lowest BCUT2D eigenvalue weighted by Gasteiger charge is -2.13. The maximum absolute atomic E-state index is 9.40. The van der Waals surface area contributed by atoms with Crippen LogP contribution in [0.2, 0.25) is 5.02 Å². The van der Waals surface area contributed by atoms with Crippen molar-refractivity contribution in [2.75, 3.05) is 5.73 Å². The van der Waals surface area contributed by atoms with E-state index in [2.05, 4.69) is 16.3 Å². The summed E-state index contributed by atoms with van der Waals surface area (Å²) in [7, 11) is 0. The number of nitriles is 1. The zero-order valence-electron chi connectivity index (χ0n) is 11.9. The number of rotatable bonds is 4. The Morgan fingerprint density at radius 1 is 1.29 bits per heavy atom. The Morgan fingerprint density at radius 3 is 2.62 bits per heavy atom. The van der Waals surface area contributed by atoms with Crippen LogP contribution in [0.25, 0.3) is 0 Å². The third-order valence-corrected chi connectivity index (χ3v) is 3.42. The molecule has 0 spiro atoms. The highest BCUT2D eigenvalue weighted by atomic mass is 35.5. The molecule has 0 unspecified atom stereocenters. The van der Waals surface area contributed by atoms with Gasteiger partial charge in [-0.3, -0.25) is 0 Å². The fourth-order valence-electron chi connectivity index (χ4n) is 2.07. The van der Waals surface area contributed by atoms with Crippen molar-refractivity contribution in [1.82, 2.24) is 10.2 Å². The lowest BCUT2D eigenvalue weighted by atomic mass is 10.0. The third-order valence-electron chi connectivity index (χ3n) is 3.12. The molecule has 108 valence electrons. The van der Waals surface area contributed by atoms with E-state index < -0.39 is 0 Å². The summed E-state index contributed by atoms with van der Waals surface area (Å²) < 4.78 is 5.65. The van der Waals surface area contributed by atoms with E-state index in [1.807, 2.05) is 13.8 Å². The van der Waals surface area contributed by atoms with E-state index in [1.165, 1.54) is 0 Å². The second-order valence-corrected chi connectivity index (χ2v) is 4.79. The molecule has 1 aromatic carbocycles. The molecule has 6 heteroatoms. The Labute approximate surface area is 128 Å². The van der Waals surface area contributed by atoms with Gasteiger partial charge in [0.1, 0.15) is 11.6 Å². The topological polar surface area (TPSA) is 84.8 Å². The summed E-state index contributed by atoms with van der Waals surface area (Å²) in [5.41, 5.74) is 8.25. The minimum absolute atomic E-state index is 0.131. The van der Waals surface area contributed by atoms with Crippen molar-refractivity contribution in [2.24, 2.45) is 0 Å². The van der Waals surface area contributed by atoms with Gasteiger partial charge in [0.15, 0.2) is 5.75 Å². The van der Waals surface area contributed by atoms with Crippen molar-refractivity contribution in [2.45, 2.75) is 26.7 Å². The van der Waals surface area contributed by atoms with Crippen LogP contribution in [0.1, 0.15) is 30.7 Å². The Kier molecular flexibility index (Phi) is 4.61. The highest BCUT2D eigenvalue weighted by Gasteiger charge is 2.18. The summed E-state index contributed by atoms with van der Waals surface area (Å²) in [6.45, 7) is 3.93. The number of hydrogen-bond donors (Lipinski definition) is 1. The largest absolute Gasteiger partial charge is 0.433 e. The summed E-state index contributed by atoms with van der Waals surface area (Å²) in [6, 6.07) is 7.19. The zero-order chi connectivity index (χ0) is 15.4. The lowest BCUT2D eigenvalue weighted by molar-refractivity contribution is 0.453. The number of ether oxygens (including phenoxy) is 1. The van der Waals surface area contributed by atoms with Gasteiger partial charge in [-0.25, -0.2) is 0 Å². The Bertz CT molecular complexity index is 689. The molecule has 0 amide bonds. The predicted molar refractivity (Wildman–Crippen MR) is 81.4 cm³/mol. The normalized spacial score (nSPS) is 10.2. The van der Waals surface area contributed by atoms with Gasteiger partial charge in [-0.05, 0) is 30.5 Å². The maximum atomic E-state index is 9.40. The van der Waals surface area contributed by atoms with Gasteiger partial charge in [-0.1, -0.05) is 31.5 Å². The van der Waals surface area contributed by atoms with Gasteiger partial charge in [-0.2, -0.15) is 10.4 Å². The number of nitrogen functional groups attached to an aromatic ring is 1. The maximum Gasteiger partial charge on any atom is 0.257 e. The Balaban J connectivity index is 2.53. The summed E-state index contributed by atoms with van der Waals surface area (Å²) in [6.07, 6.45) is 1.38. The van der Waals surface area contributed by atoms with Gasteiger partial charge in [-0.15, -0.1) is 5.10 Å². The minimum Gasteiger partial charge on any atom is -0.433 e. The molecular weight excluding hydrogens is 288 g/mol. The van der Waals surface area contributed by atoms with Crippen molar-refractivity contribution in [3.8, 4) is 17.7 Å². The van der Waals surface area contributed by atoms with Gasteiger partial charge in [0, 0.05) is 0 Å². The molecule has 0 bridgehead atoms. The molecule has 1 aromatic heterocycles. The molecule has 0 aliphatic heterocycles. The first-order valence-corrected chi connectivity index (χ1v) is 7.00. The molecule has 21 heavy (non-hydrogen) atoms. The first-order chi connectivity index (χ1) is 10.1. The van der Waals surface area contributed by atoms with E-state index in [1.54, 1.807) is 18.2 Å². The van der Waals surface area contributed by atoms with Crippen molar-refractivity contribution >= 4 is 17.3 Å². The Hall–Kier alpha value is -2.32. The highest BCUT2D eigenvalue weighted by molar-refractivity contribution is 6.32.